The van der Waals surface area contributed by atoms with Gasteiger partial charge in [-0.05, 0) is 23.2 Å². The van der Waals surface area contributed by atoms with Crippen molar-refractivity contribution in [3.63, 3.8) is 0 Å². The zero-order valence-electron chi connectivity index (χ0n) is 7.43. The molecule has 0 aromatic heterocycles. The quantitative estimate of drug-likeness (QED) is 0.275. The van der Waals surface area contributed by atoms with Crippen LogP contribution in [0.15, 0.2) is 0 Å². The molecule has 0 aliphatic rings. The lowest BCUT2D eigenvalue weighted by Gasteiger charge is -2.17. The summed E-state index contributed by atoms with van der Waals surface area (Å²) in [6.07, 6.45) is 0. The van der Waals surface area contributed by atoms with Gasteiger partial charge in [-0.25, -0.2) is 0 Å². The Bertz CT molecular complexity index is 214. The van der Waals surface area contributed by atoms with Gasteiger partial charge in [-0.2, -0.15) is 0 Å². The lowest BCUT2D eigenvalue weighted by Crippen LogP contribution is -2.27. The number of ether oxygens (including phenoxy) is 2. The molecular weight excluding hydrogens is 255 g/mol. The second kappa shape index (κ2) is 6.72. The van der Waals surface area contributed by atoms with Gasteiger partial charge >= 0.3 is 4.71 Å². The van der Waals surface area contributed by atoms with Gasteiger partial charge in [0, 0.05) is 9.85 Å². The number of hydrogen-bond acceptors (Lipinski definition) is 6. The Kier molecular flexibility index (Phi) is 6.41. The molecule has 0 aliphatic heterocycles. The number of nitro groups is 2. The van der Waals surface area contributed by atoms with E-state index in [0.717, 1.165) is 0 Å². The summed E-state index contributed by atoms with van der Waals surface area (Å²) in [5.41, 5.74) is 0. The normalized spacial score (nSPS) is 11.3. The van der Waals surface area contributed by atoms with Crippen molar-refractivity contribution in [2.45, 2.75) is 4.71 Å². The van der Waals surface area contributed by atoms with Crippen LogP contribution in [-0.4, -0.2) is 40.9 Å². The summed E-state index contributed by atoms with van der Waals surface area (Å²) in [4.78, 5) is 18.5. The molecule has 0 aliphatic carbocycles. The van der Waals surface area contributed by atoms with Crippen molar-refractivity contribution in [2.75, 3.05) is 26.3 Å². The summed E-state index contributed by atoms with van der Waals surface area (Å²) in [6, 6.07) is 0. The van der Waals surface area contributed by atoms with Crippen LogP contribution in [-0.2, 0) is 9.47 Å². The summed E-state index contributed by atoms with van der Waals surface area (Å²) < 4.78 is 7.04. The van der Waals surface area contributed by atoms with E-state index in [1.807, 2.05) is 0 Å². The molecule has 0 saturated heterocycles. The van der Waals surface area contributed by atoms with Gasteiger partial charge in [-0.15, -0.1) is 0 Å². The van der Waals surface area contributed by atoms with Gasteiger partial charge in [0.2, 0.25) is 13.1 Å². The molecule has 0 aromatic rings. The molecule has 0 amide bonds. The molecule has 0 atom stereocenters. The smallest absolute Gasteiger partial charge is 0.318 e. The predicted molar refractivity (Wildman–Crippen MR) is 50.1 cm³/mol. The number of nitrogens with zero attached hydrogens (tertiary/aromatic N) is 2. The zero-order chi connectivity index (χ0) is 11.9. The Morgan fingerprint density at radius 2 is 1.33 bits per heavy atom. The van der Waals surface area contributed by atoms with Crippen molar-refractivity contribution >= 4 is 23.2 Å². The largest absolute Gasteiger partial charge is 0.332 e. The fourth-order valence-electron chi connectivity index (χ4n) is 0.520. The second-order valence-corrected chi connectivity index (χ2v) is 3.46. The number of rotatable bonds is 8. The molecular formula is C5H8Cl2N2O6. The number of alkyl halides is 2. The lowest BCUT2D eigenvalue weighted by atomic mass is 10.7. The molecule has 0 fully saturated rings. The van der Waals surface area contributed by atoms with E-state index in [1.165, 1.54) is 0 Å². The molecule has 88 valence electrons. The highest BCUT2D eigenvalue weighted by molar-refractivity contribution is 6.46. The van der Waals surface area contributed by atoms with Crippen molar-refractivity contribution in [2.24, 2.45) is 0 Å². The van der Waals surface area contributed by atoms with Crippen LogP contribution in [0.25, 0.3) is 0 Å². The van der Waals surface area contributed by atoms with Gasteiger partial charge in [0.1, 0.15) is 13.2 Å². The third kappa shape index (κ3) is 9.60. The van der Waals surface area contributed by atoms with E-state index in [2.05, 4.69) is 9.47 Å². The van der Waals surface area contributed by atoms with E-state index in [9.17, 15) is 20.2 Å². The summed E-state index contributed by atoms with van der Waals surface area (Å²) >= 11 is 10.8. The van der Waals surface area contributed by atoms with E-state index >= 15 is 0 Å². The highest BCUT2D eigenvalue weighted by Crippen LogP contribution is 2.23. The SMILES string of the molecule is O=[N+]([O-])CCOC(Cl)(Cl)OCC[N+](=O)[O-]. The Hall–Kier alpha value is -0.700. The van der Waals surface area contributed by atoms with Gasteiger partial charge in [0.15, 0.2) is 0 Å². The first-order valence-corrected chi connectivity index (χ1v) is 4.48. The minimum absolute atomic E-state index is 0.349. The van der Waals surface area contributed by atoms with Gasteiger partial charge in [-0.3, -0.25) is 20.2 Å². The van der Waals surface area contributed by atoms with Crippen molar-refractivity contribution in [3.05, 3.63) is 20.2 Å². The molecule has 8 nitrogen and oxygen atoms in total. The van der Waals surface area contributed by atoms with Crippen LogP contribution in [0.1, 0.15) is 0 Å². The average molecular weight is 263 g/mol. The van der Waals surface area contributed by atoms with Gasteiger partial charge in [0.25, 0.3) is 0 Å². The van der Waals surface area contributed by atoms with E-state index < -0.39 is 27.6 Å². The van der Waals surface area contributed by atoms with E-state index in [4.69, 9.17) is 23.2 Å². The molecule has 0 unspecified atom stereocenters. The first kappa shape index (κ1) is 14.3. The maximum absolute atomic E-state index is 9.90. The van der Waals surface area contributed by atoms with E-state index in [-0.39, 0.29) is 13.2 Å². The third-order valence-electron chi connectivity index (χ3n) is 1.09. The van der Waals surface area contributed by atoms with Crippen molar-refractivity contribution in [3.8, 4) is 0 Å². The fourth-order valence-corrected chi connectivity index (χ4v) is 0.828. The molecule has 0 rings (SSSR count). The summed E-state index contributed by atoms with van der Waals surface area (Å²) in [5.74, 6) is 0. The molecule has 0 saturated carbocycles. The standard InChI is InChI=1S/C5H8Cl2N2O6/c6-5(7,14-3-1-8(10)11)15-4-2-9(12)13/h1-4H2. The summed E-state index contributed by atoms with van der Waals surface area (Å²) in [6.45, 7) is -1.67. The average Bonchev–Trinajstić information content (AvgIpc) is 2.01. The first-order valence-electron chi connectivity index (χ1n) is 3.73. The molecule has 10 heteroatoms. The first-order chi connectivity index (χ1) is 6.83. The molecule has 0 heterocycles. The molecule has 0 radical (unpaired) electrons. The van der Waals surface area contributed by atoms with E-state index in [1.54, 1.807) is 0 Å². The Morgan fingerprint density at radius 3 is 1.60 bits per heavy atom. The predicted octanol–water partition coefficient (Wildman–Crippen LogP) is 0.662. The van der Waals surface area contributed by atoms with Crippen LogP contribution in [0, 0.1) is 20.2 Å². The van der Waals surface area contributed by atoms with Crippen LogP contribution in [0.5, 0.6) is 0 Å². The van der Waals surface area contributed by atoms with Crippen LogP contribution in [0.4, 0.5) is 0 Å². The molecule has 0 N–H and O–H groups in total. The Morgan fingerprint density at radius 1 is 1.00 bits per heavy atom. The van der Waals surface area contributed by atoms with Crippen LogP contribution < -0.4 is 0 Å². The van der Waals surface area contributed by atoms with Gasteiger partial charge < -0.3 is 9.47 Å². The maximum Gasteiger partial charge on any atom is 0.332 e. The fraction of sp³-hybridized carbons (Fsp3) is 1.00. The van der Waals surface area contributed by atoms with E-state index in [0.29, 0.717) is 0 Å². The molecule has 0 bridgehead atoms. The van der Waals surface area contributed by atoms with Crippen molar-refractivity contribution < 1.29 is 19.3 Å². The Labute approximate surface area is 94.3 Å². The number of halogens is 2. The summed E-state index contributed by atoms with van der Waals surface area (Å²) in [7, 11) is 0. The third-order valence-corrected chi connectivity index (χ3v) is 1.52. The molecule has 0 aromatic carbocycles. The second-order valence-electron chi connectivity index (χ2n) is 2.27. The van der Waals surface area contributed by atoms with Crippen LogP contribution in [0.2, 0.25) is 0 Å². The molecule has 15 heavy (non-hydrogen) atoms. The zero-order valence-corrected chi connectivity index (χ0v) is 8.94. The van der Waals surface area contributed by atoms with Crippen LogP contribution >= 0.6 is 23.2 Å². The number of hydrogen-bond donors (Lipinski definition) is 0. The van der Waals surface area contributed by atoms with Crippen LogP contribution in [0.3, 0.4) is 0 Å². The highest BCUT2D eigenvalue weighted by Gasteiger charge is 2.27. The van der Waals surface area contributed by atoms with Crippen molar-refractivity contribution in [1.82, 2.24) is 0 Å². The van der Waals surface area contributed by atoms with Gasteiger partial charge in [0.05, 0.1) is 0 Å². The minimum Gasteiger partial charge on any atom is -0.318 e. The monoisotopic (exact) mass is 262 g/mol. The highest BCUT2D eigenvalue weighted by atomic mass is 35.5. The lowest BCUT2D eigenvalue weighted by molar-refractivity contribution is -0.489. The maximum atomic E-state index is 9.90. The molecule has 0 spiro atoms. The Balaban J connectivity index is 3.66. The minimum atomic E-state index is -2.09. The van der Waals surface area contributed by atoms with Gasteiger partial charge in [-0.1, -0.05) is 0 Å². The topological polar surface area (TPSA) is 105 Å². The summed E-state index contributed by atoms with van der Waals surface area (Å²) in [5, 5.41) is 19.8. The van der Waals surface area contributed by atoms with Crippen molar-refractivity contribution in [1.29, 1.82) is 0 Å².